The molecule has 4 aromatic rings. The maximum atomic E-state index is 13.3. The number of imidazole rings is 1. The summed E-state index contributed by atoms with van der Waals surface area (Å²) >= 11 is 0. The van der Waals surface area contributed by atoms with Crippen molar-refractivity contribution in [1.29, 1.82) is 0 Å². The number of hydrogen-bond acceptors (Lipinski definition) is 2. The summed E-state index contributed by atoms with van der Waals surface area (Å²) in [6.07, 6.45) is 3.97. The smallest absolute Gasteiger partial charge is 0.123 e. The monoisotopic (exact) mass is 332 g/mol. The highest BCUT2D eigenvalue weighted by Gasteiger charge is 2.24. The van der Waals surface area contributed by atoms with Crippen molar-refractivity contribution >= 4 is 11.0 Å². The van der Waals surface area contributed by atoms with Crippen molar-refractivity contribution < 1.29 is 4.39 Å². The molecule has 1 aliphatic rings. The number of rotatable bonds is 2. The number of halogens is 1. The minimum atomic E-state index is -0.228. The van der Waals surface area contributed by atoms with Crippen LogP contribution in [0.2, 0.25) is 0 Å². The zero-order chi connectivity index (χ0) is 17.0. The molecule has 5 rings (SSSR count). The molecule has 0 fully saturated rings. The van der Waals surface area contributed by atoms with E-state index in [1.165, 1.54) is 17.8 Å². The largest absolute Gasteiger partial charge is 0.334 e. The lowest BCUT2D eigenvalue weighted by molar-refractivity contribution is 0.628. The van der Waals surface area contributed by atoms with Crippen LogP contribution in [-0.2, 0) is 20.0 Å². The first-order valence-electron chi connectivity index (χ1n) is 8.48. The average molecular weight is 332 g/mol. The van der Waals surface area contributed by atoms with Crippen LogP contribution >= 0.6 is 0 Å². The summed E-state index contributed by atoms with van der Waals surface area (Å²) in [5, 5.41) is 4.83. The molecule has 124 valence electrons. The Kier molecular flexibility index (Phi) is 3.04. The molecular weight excluding hydrogens is 315 g/mol. The number of aryl methyl sites for hydroxylation is 2. The zero-order valence-electron chi connectivity index (χ0n) is 13.9. The topological polar surface area (TPSA) is 35.6 Å². The summed E-state index contributed by atoms with van der Waals surface area (Å²) < 4.78 is 17.5. The molecule has 0 unspecified atom stereocenters. The maximum absolute atomic E-state index is 13.3. The van der Waals surface area contributed by atoms with Gasteiger partial charge in [0.05, 0.1) is 17.4 Å². The predicted octanol–water partition coefficient (Wildman–Crippen LogP) is 4.19. The molecule has 2 aromatic carbocycles. The fourth-order valence-corrected chi connectivity index (χ4v) is 3.73. The molecule has 0 aliphatic carbocycles. The first-order chi connectivity index (χ1) is 12.2. The van der Waals surface area contributed by atoms with Crippen LogP contribution in [0.15, 0.2) is 48.8 Å². The van der Waals surface area contributed by atoms with Gasteiger partial charge in [-0.2, -0.15) is 5.10 Å². The van der Waals surface area contributed by atoms with Crippen molar-refractivity contribution in [2.75, 3.05) is 0 Å². The van der Waals surface area contributed by atoms with E-state index in [9.17, 15) is 4.39 Å². The standard InChI is InChI=1S/C20H17FN4/c1-24-12-22-16-9-6-14(11-18(16)24)19-17-3-2-10-25(17)23-20(19)13-4-7-15(21)8-5-13/h4-9,11-12H,2-3,10H2,1H3. The Morgan fingerprint density at radius 1 is 1.04 bits per heavy atom. The number of aromatic nitrogens is 4. The summed E-state index contributed by atoms with van der Waals surface area (Å²) in [4.78, 5) is 4.40. The van der Waals surface area contributed by atoms with Crippen LogP contribution in [0.3, 0.4) is 0 Å². The third kappa shape index (κ3) is 2.19. The van der Waals surface area contributed by atoms with Crippen molar-refractivity contribution in [3.63, 3.8) is 0 Å². The van der Waals surface area contributed by atoms with E-state index in [0.29, 0.717) is 0 Å². The van der Waals surface area contributed by atoms with Crippen LogP contribution in [-0.4, -0.2) is 19.3 Å². The van der Waals surface area contributed by atoms with E-state index in [4.69, 9.17) is 5.10 Å². The van der Waals surface area contributed by atoms with E-state index in [-0.39, 0.29) is 5.82 Å². The second-order valence-electron chi connectivity index (χ2n) is 6.56. The molecule has 1 aliphatic heterocycles. The molecule has 4 nitrogen and oxygen atoms in total. The van der Waals surface area contributed by atoms with Gasteiger partial charge in [-0.05, 0) is 54.8 Å². The van der Waals surface area contributed by atoms with Crippen molar-refractivity contribution in [2.45, 2.75) is 19.4 Å². The van der Waals surface area contributed by atoms with Crippen molar-refractivity contribution in [2.24, 2.45) is 7.05 Å². The first kappa shape index (κ1) is 14.4. The van der Waals surface area contributed by atoms with Gasteiger partial charge in [-0.15, -0.1) is 0 Å². The van der Waals surface area contributed by atoms with Gasteiger partial charge in [0.1, 0.15) is 11.5 Å². The number of hydrogen-bond donors (Lipinski definition) is 0. The van der Waals surface area contributed by atoms with Gasteiger partial charge in [-0.25, -0.2) is 9.37 Å². The minimum absolute atomic E-state index is 0.228. The zero-order valence-corrected chi connectivity index (χ0v) is 13.9. The molecule has 3 heterocycles. The number of fused-ring (bicyclic) bond motifs is 2. The molecule has 0 saturated heterocycles. The molecule has 0 atom stereocenters. The Hall–Kier alpha value is -2.95. The fraction of sp³-hybridized carbons (Fsp3) is 0.200. The van der Waals surface area contributed by atoms with Gasteiger partial charge in [0, 0.05) is 30.4 Å². The summed E-state index contributed by atoms with van der Waals surface area (Å²) in [6, 6.07) is 12.9. The van der Waals surface area contributed by atoms with E-state index in [1.54, 1.807) is 12.1 Å². The fourth-order valence-electron chi connectivity index (χ4n) is 3.73. The third-order valence-corrected chi connectivity index (χ3v) is 4.97. The minimum Gasteiger partial charge on any atom is -0.334 e. The highest BCUT2D eigenvalue weighted by Crippen LogP contribution is 2.38. The molecule has 0 amide bonds. The van der Waals surface area contributed by atoms with Crippen LogP contribution in [0.1, 0.15) is 12.1 Å². The van der Waals surface area contributed by atoms with Gasteiger partial charge >= 0.3 is 0 Å². The lowest BCUT2D eigenvalue weighted by Crippen LogP contribution is -1.94. The SMILES string of the molecule is Cn1cnc2ccc(-c3c(-c4ccc(F)cc4)nn4c3CCC4)cc21. The van der Waals surface area contributed by atoms with Crippen LogP contribution in [0.25, 0.3) is 33.4 Å². The van der Waals surface area contributed by atoms with Crippen LogP contribution in [0.5, 0.6) is 0 Å². The Bertz CT molecular complexity index is 1090. The summed E-state index contributed by atoms with van der Waals surface area (Å²) in [5.41, 5.74) is 7.52. The highest BCUT2D eigenvalue weighted by atomic mass is 19.1. The van der Waals surface area contributed by atoms with Crippen molar-refractivity contribution in [3.05, 3.63) is 60.3 Å². The van der Waals surface area contributed by atoms with Crippen LogP contribution in [0.4, 0.5) is 4.39 Å². The van der Waals surface area contributed by atoms with E-state index >= 15 is 0 Å². The van der Waals surface area contributed by atoms with Crippen molar-refractivity contribution in [3.8, 4) is 22.4 Å². The summed E-state index contributed by atoms with van der Waals surface area (Å²) in [6.45, 7) is 0.942. The highest BCUT2D eigenvalue weighted by molar-refractivity contribution is 5.88. The van der Waals surface area contributed by atoms with Gasteiger partial charge in [0.2, 0.25) is 0 Å². The number of nitrogens with zero attached hydrogens (tertiary/aromatic N) is 4. The van der Waals surface area contributed by atoms with Gasteiger partial charge in [-0.1, -0.05) is 6.07 Å². The third-order valence-electron chi connectivity index (χ3n) is 4.97. The van der Waals surface area contributed by atoms with E-state index < -0.39 is 0 Å². The Balaban J connectivity index is 1.76. The molecule has 0 radical (unpaired) electrons. The summed E-state index contributed by atoms with van der Waals surface area (Å²) in [7, 11) is 2.00. The first-order valence-corrected chi connectivity index (χ1v) is 8.48. The molecule has 2 aromatic heterocycles. The molecule has 25 heavy (non-hydrogen) atoms. The van der Waals surface area contributed by atoms with Crippen LogP contribution in [0, 0.1) is 5.82 Å². The van der Waals surface area contributed by atoms with Crippen LogP contribution < -0.4 is 0 Å². The van der Waals surface area contributed by atoms with E-state index in [1.807, 2.05) is 17.9 Å². The Morgan fingerprint density at radius 3 is 2.68 bits per heavy atom. The molecule has 0 N–H and O–H groups in total. The molecule has 0 spiro atoms. The molecule has 0 bridgehead atoms. The maximum Gasteiger partial charge on any atom is 0.123 e. The van der Waals surface area contributed by atoms with Gasteiger partial charge in [0.15, 0.2) is 0 Å². The van der Waals surface area contributed by atoms with Gasteiger partial charge in [-0.3, -0.25) is 4.68 Å². The Morgan fingerprint density at radius 2 is 1.84 bits per heavy atom. The average Bonchev–Trinajstić information content (AvgIpc) is 3.30. The van der Waals surface area contributed by atoms with E-state index in [0.717, 1.165) is 52.8 Å². The lowest BCUT2D eigenvalue weighted by Gasteiger charge is -2.07. The molecule has 0 saturated carbocycles. The number of benzene rings is 2. The molecule has 5 heteroatoms. The van der Waals surface area contributed by atoms with E-state index in [2.05, 4.69) is 27.9 Å². The van der Waals surface area contributed by atoms with Crippen molar-refractivity contribution in [1.82, 2.24) is 19.3 Å². The van der Waals surface area contributed by atoms with Gasteiger partial charge < -0.3 is 4.57 Å². The normalized spacial score (nSPS) is 13.5. The quantitative estimate of drug-likeness (QED) is 0.552. The summed E-state index contributed by atoms with van der Waals surface area (Å²) in [5.74, 6) is -0.228. The second-order valence-corrected chi connectivity index (χ2v) is 6.56. The second kappa shape index (κ2) is 5.28. The lowest BCUT2D eigenvalue weighted by atomic mass is 9.97. The van der Waals surface area contributed by atoms with Gasteiger partial charge in [0.25, 0.3) is 0 Å². The molecular formula is C20H17FN4. The predicted molar refractivity (Wildman–Crippen MR) is 95.7 cm³/mol. The Labute approximate surface area is 144 Å².